The molecular formula is C19H35IN4S. The number of thiophene rings is 1. The van der Waals surface area contributed by atoms with Crippen LogP contribution in [0.25, 0.3) is 0 Å². The number of halogens is 1. The number of hydrogen-bond acceptors (Lipinski definition) is 3. The van der Waals surface area contributed by atoms with Crippen molar-refractivity contribution in [1.82, 2.24) is 15.5 Å². The second-order valence-electron chi connectivity index (χ2n) is 7.29. The third-order valence-corrected chi connectivity index (χ3v) is 5.23. The highest BCUT2D eigenvalue weighted by Crippen LogP contribution is 2.18. The maximum atomic E-state index is 4.82. The van der Waals surface area contributed by atoms with Crippen LogP contribution < -0.4 is 10.6 Å². The van der Waals surface area contributed by atoms with Crippen molar-refractivity contribution in [3.05, 3.63) is 22.4 Å². The van der Waals surface area contributed by atoms with E-state index in [9.17, 15) is 0 Å². The maximum absolute atomic E-state index is 4.82. The molecule has 144 valence electrons. The Morgan fingerprint density at radius 1 is 1.32 bits per heavy atom. The van der Waals surface area contributed by atoms with Crippen molar-refractivity contribution in [3.8, 4) is 0 Å². The van der Waals surface area contributed by atoms with E-state index in [1.165, 1.54) is 38.0 Å². The molecule has 1 unspecified atom stereocenters. The third kappa shape index (κ3) is 8.26. The van der Waals surface area contributed by atoms with Crippen molar-refractivity contribution >= 4 is 41.3 Å². The number of nitrogens with zero attached hydrogens (tertiary/aromatic N) is 2. The maximum Gasteiger partial charge on any atom is 0.191 e. The first kappa shape index (κ1) is 22.7. The summed E-state index contributed by atoms with van der Waals surface area (Å²) in [4.78, 5) is 7.41. The first-order valence-corrected chi connectivity index (χ1v) is 10.3. The van der Waals surface area contributed by atoms with Crippen LogP contribution >= 0.6 is 35.3 Å². The molecule has 0 bridgehead atoms. The van der Waals surface area contributed by atoms with Crippen LogP contribution in [0.2, 0.25) is 0 Å². The summed E-state index contributed by atoms with van der Waals surface area (Å²) in [5.74, 6) is 2.20. The first-order chi connectivity index (χ1) is 11.6. The Morgan fingerprint density at radius 2 is 2.04 bits per heavy atom. The Bertz CT molecular complexity index is 482. The first-order valence-electron chi connectivity index (χ1n) is 9.37. The van der Waals surface area contributed by atoms with Gasteiger partial charge in [-0.15, -0.1) is 24.0 Å². The fraction of sp³-hybridized carbons (Fsp3) is 0.737. The Labute approximate surface area is 174 Å². The summed E-state index contributed by atoms with van der Waals surface area (Å²) in [7, 11) is 0. The van der Waals surface area contributed by atoms with Crippen LogP contribution in [0, 0.1) is 5.92 Å². The van der Waals surface area contributed by atoms with Crippen molar-refractivity contribution in [2.24, 2.45) is 10.9 Å². The van der Waals surface area contributed by atoms with Gasteiger partial charge in [0.25, 0.3) is 0 Å². The number of piperidine rings is 1. The van der Waals surface area contributed by atoms with E-state index in [1.807, 2.05) is 0 Å². The summed E-state index contributed by atoms with van der Waals surface area (Å²) >= 11 is 1.76. The lowest BCUT2D eigenvalue weighted by Gasteiger charge is -2.34. The van der Waals surface area contributed by atoms with E-state index in [1.54, 1.807) is 11.3 Å². The standard InChI is InChI=1S/C19H34N4S.HI/c1-5-20-19(21-12-16(4)17-8-11-24-14-17)22-18-6-9-23(10-7-18)13-15(2)3;/h8,11,14-16,18H,5-7,9-10,12-13H2,1-4H3,(H2,20,21,22);1H. The van der Waals surface area contributed by atoms with Crippen molar-refractivity contribution < 1.29 is 0 Å². The molecule has 1 aromatic rings. The van der Waals surface area contributed by atoms with Crippen LogP contribution in [-0.2, 0) is 0 Å². The molecule has 0 amide bonds. The van der Waals surface area contributed by atoms with E-state index in [2.05, 4.69) is 60.1 Å². The number of guanidine groups is 1. The highest BCUT2D eigenvalue weighted by Gasteiger charge is 2.20. The molecule has 2 N–H and O–H groups in total. The van der Waals surface area contributed by atoms with Crippen molar-refractivity contribution in [3.63, 3.8) is 0 Å². The van der Waals surface area contributed by atoms with E-state index in [0.29, 0.717) is 12.0 Å². The van der Waals surface area contributed by atoms with Crippen LogP contribution in [0.15, 0.2) is 21.8 Å². The zero-order valence-corrected chi connectivity index (χ0v) is 19.3. The molecule has 2 heterocycles. The summed E-state index contributed by atoms with van der Waals surface area (Å²) < 4.78 is 0. The van der Waals surface area contributed by atoms with Gasteiger partial charge in [0.15, 0.2) is 5.96 Å². The molecule has 0 aromatic carbocycles. The molecule has 25 heavy (non-hydrogen) atoms. The number of rotatable bonds is 7. The van der Waals surface area contributed by atoms with E-state index in [0.717, 1.165) is 25.0 Å². The number of likely N-dealkylation sites (tertiary alicyclic amines) is 1. The minimum atomic E-state index is 0. The van der Waals surface area contributed by atoms with Gasteiger partial charge in [-0.3, -0.25) is 4.99 Å². The van der Waals surface area contributed by atoms with Gasteiger partial charge in [-0.1, -0.05) is 20.8 Å². The Balaban J connectivity index is 0.00000312. The van der Waals surface area contributed by atoms with E-state index < -0.39 is 0 Å². The topological polar surface area (TPSA) is 39.7 Å². The van der Waals surface area contributed by atoms with Gasteiger partial charge in [-0.25, -0.2) is 0 Å². The second-order valence-corrected chi connectivity index (χ2v) is 8.07. The van der Waals surface area contributed by atoms with Crippen LogP contribution in [0.3, 0.4) is 0 Å². The molecule has 1 atom stereocenters. The van der Waals surface area contributed by atoms with Crippen LogP contribution in [-0.4, -0.2) is 49.6 Å². The predicted octanol–water partition coefficient (Wildman–Crippen LogP) is 4.15. The number of hydrogen-bond donors (Lipinski definition) is 2. The van der Waals surface area contributed by atoms with E-state index in [-0.39, 0.29) is 24.0 Å². The van der Waals surface area contributed by atoms with Crippen molar-refractivity contribution in [1.29, 1.82) is 0 Å². The van der Waals surface area contributed by atoms with Gasteiger partial charge in [-0.2, -0.15) is 11.3 Å². The molecule has 1 aliphatic rings. The highest BCUT2D eigenvalue weighted by molar-refractivity contribution is 14.0. The Morgan fingerprint density at radius 3 is 2.60 bits per heavy atom. The molecule has 1 aromatic heterocycles. The average molecular weight is 478 g/mol. The SMILES string of the molecule is CCNC(=NCC(C)c1ccsc1)NC1CCN(CC(C)C)CC1.I. The molecule has 1 aliphatic heterocycles. The van der Waals surface area contributed by atoms with E-state index in [4.69, 9.17) is 4.99 Å². The predicted molar refractivity (Wildman–Crippen MR) is 122 cm³/mol. The van der Waals surface area contributed by atoms with Gasteiger partial charge in [0, 0.05) is 44.7 Å². The number of aliphatic imine (C=N–C) groups is 1. The lowest BCUT2D eigenvalue weighted by molar-refractivity contribution is 0.187. The molecule has 4 nitrogen and oxygen atoms in total. The van der Waals surface area contributed by atoms with Gasteiger partial charge < -0.3 is 15.5 Å². The van der Waals surface area contributed by atoms with Gasteiger partial charge >= 0.3 is 0 Å². The zero-order chi connectivity index (χ0) is 17.4. The molecule has 0 saturated carbocycles. The molecule has 1 fully saturated rings. The molecule has 0 spiro atoms. The minimum absolute atomic E-state index is 0. The quantitative estimate of drug-likeness (QED) is 0.352. The number of nitrogens with one attached hydrogen (secondary N) is 2. The molecule has 0 aliphatic carbocycles. The van der Waals surface area contributed by atoms with Crippen LogP contribution in [0.1, 0.15) is 52.0 Å². The van der Waals surface area contributed by atoms with Gasteiger partial charge in [0.1, 0.15) is 0 Å². The summed E-state index contributed by atoms with van der Waals surface area (Å²) in [6, 6.07) is 2.75. The normalized spacial score (nSPS) is 18.0. The molecular weight excluding hydrogens is 443 g/mol. The smallest absolute Gasteiger partial charge is 0.191 e. The highest BCUT2D eigenvalue weighted by atomic mass is 127. The average Bonchev–Trinajstić information content (AvgIpc) is 3.08. The fourth-order valence-electron chi connectivity index (χ4n) is 3.18. The minimum Gasteiger partial charge on any atom is -0.357 e. The fourth-order valence-corrected chi connectivity index (χ4v) is 3.96. The molecule has 6 heteroatoms. The summed E-state index contributed by atoms with van der Waals surface area (Å²) in [5.41, 5.74) is 1.39. The summed E-state index contributed by atoms with van der Waals surface area (Å²) in [6.45, 7) is 14.3. The summed E-state index contributed by atoms with van der Waals surface area (Å²) in [5, 5.41) is 11.4. The second kappa shape index (κ2) is 12.1. The van der Waals surface area contributed by atoms with Crippen molar-refractivity contribution in [2.75, 3.05) is 32.7 Å². The van der Waals surface area contributed by atoms with Gasteiger partial charge in [-0.05, 0) is 48.1 Å². The summed E-state index contributed by atoms with van der Waals surface area (Å²) in [6.07, 6.45) is 2.41. The van der Waals surface area contributed by atoms with Crippen molar-refractivity contribution in [2.45, 2.75) is 52.5 Å². The Kier molecular flexibility index (Phi) is 11.0. The third-order valence-electron chi connectivity index (χ3n) is 4.53. The van der Waals surface area contributed by atoms with Crippen LogP contribution in [0.4, 0.5) is 0 Å². The monoisotopic (exact) mass is 478 g/mol. The largest absolute Gasteiger partial charge is 0.357 e. The Hall–Kier alpha value is -0.340. The molecule has 0 radical (unpaired) electrons. The van der Waals surface area contributed by atoms with E-state index >= 15 is 0 Å². The lowest BCUT2D eigenvalue weighted by atomic mass is 10.0. The molecule has 2 rings (SSSR count). The molecule has 1 saturated heterocycles. The van der Waals surface area contributed by atoms with Gasteiger partial charge in [0.05, 0.1) is 0 Å². The van der Waals surface area contributed by atoms with Gasteiger partial charge in [0.2, 0.25) is 0 Å². The zero-order valence-electron chi connectivity index (χ0n) is 16.1. The van der Waals surface area contributed by atoms with Crippen LogP contribution in [0.5, 0.6) is 0 Å². The lowest BCUT2D eigenvalue weighted by Crippen LogP contribution is -2.49.